The first-order valence-electron chi connectivity index (χ1n) is 11.6. The molecular formula is C25H28ClF3N2O6. The molecule has 1 saturated carbocycles. The number of pyridine rings is 1. The predicted octanol–water partition coefficient (Wildman–Crippen LogP) is 5.15. The third-order valence-corrected chi connectivity index (χ3v) is 6.58. The van der Waals surface area contributed by atoms with Crippen molar-refractivity contribution >= 4 is 23.5 Å². The second-order valence-electron chi connectivity index (χ2n) is 8.78. The Hall–Kier alpha value is -3.05. The zero-order chi connectivity index (χ0) is 27.2. The molecule has 0 aliphatic heterocycles. The SMILES string of the molecule is COCC(Oc1ccc(C(=O)NC[C@H]2CC[C@H](C(=O)O)CC2)cc1Cl)c1cc(C(F)(F)F)ncc1OC. The van der Waals surface area contributed by atoms with E-state index in [1.165, 1.54) is 32.4 Å². The van der Waals surface area contributed by atoms with Crippen molar-refractivity contribution in [3.05, 3.63) is 52.3 Å². The third kappa shape index (κ3) is 7.48. The van der Waals surface area contributed by atoms with E-state index in [9.17, 15) is 22.8 Å². The van der Waals surface area contributed by atoms with Gasteiger partial charge in [0.15, 0.2) is 6.10 Å². The smallest absolute Gasteiger partial charge is 0.433 e. The number of hydrogen-bond donors (Lipinski definition) is 2. The van der Waals surface area contributed by atoms with Crippen molar-refractivity contribution in [2.75, 3.05) is 27.4 Å². The Bertz CT molecular complexity index is 1110. The van der Waals surface area contributed by atoms with E-state index >= 15 is 0 Å². The lowest BCUT2D eigenvalue weighted by Gasteiger charge is -2.26. The van der Waals surface area contributed by atoms with Gasteiger partial charge in [0.05, 0.1) is 30.9 Å². The normalized spacial score (nSPS) is 18.6. The number of ether oxygens (including phenoxy) is 3. The van der Waals surface area contributed by atoms with Gasteiger partial charge >= 0.3 is 12.1 Å². The van der Waals surface area contributed by atoms with Crippen LogP contribution in [0, 0.1) is 11.8 Å². The molecule has 1 unspecified atom stereocenters. The summed E-state index contributed by atoms with van der Waals surface area (Å²) >= 11 is 6.35. The number of hydrogen-bond acceptors (Lipinski definition) is 6. The molecule has 2 aromatic rings. The minimum atomic E-state index is -4.67. The highest BCUT2D eigenvalue weighted by Crippen LogP contribution is 2.37. The zero-order valence-corrected chi connectivity index (χ0v) is 21.1. The van der Waals surface area contributed by atoms with Crippen molar-refractivity contribution in [3.63, 3.8) is 0 Å². The van der Waals surface area contributed by atoms with E-state index in [0.717, 1.165) is 25.1 Å². The number of nitrogens with zero attached hydrogens (tertiary/aromatic N) is 1. The Morgan fingerprint density at radius 1 is 1.16 bits per heavy atom. The first-order valence-corrected chi connectivity index (χ1v) is 12.0. The Labute approximate surface area is 217 Å². The minimum absolute atomic E-state index is 0.0715. The molecule has 202 valence electrons. The van der Waals surface area contributed by atoms with Crippen LogP contribution in [0.1, 0.15) is 53.4 Å². The topological polar surface area (TPSA) is 107 Å². The van der Waals surface area contributed by atoms with Crippen LogP contribution < -0.4 is 14.8 Å². The van der Waals surface area contributed by atoms with Crippen LogP contribution in [0.3, 0.4) is 0 Å². The van der Waals surface area contributed by atoms with Gasteiger partial charge in [-0.05, 0) is 55.9 Å². The lowest BCUT2D eigenvalue weighted by Crippen LogP contribution is -2.32. The first-order chi connectivity index (χ1) is 17.5. The van der Waals surface area contributed by atoms with Crippen molar-refractivity contribution < 1.29 is 42.1 Å². The average molecular weight is 545 g/mol. The van der Waals surface area contributed by atoms with E-state index < -0.39 is 23.9 Å². The molecule has 3 rings (SSSR count). The number of methoxy groups -OCH3 is 2. The highest BCUT2D eigenvalue weighted by Gasteiger charge is 2.34. The molecule has 1 aromatic heterocycles. The van der Waals surface area contributed by atoms with Crippen LogP contribution in [0.25, 0.3) is 0 Å². The molecular weight excluding hydrogens is 517 g/mol. The molecule has 0 saturated heterocycles. The number of amides is 1. The zero-order valence-electron chi connectivity index (χ0n) is 20.3. The molecule has 1 atom stereocenters. The molecule has 1 amide bonds. The highest BCUT2D eigenvalue weighted by molar-refractivity contribution is 6.32. The summed E-state index contributed by atoms with van der Waals surface area (Å²) < 4.78 is 55.9. The van der Waals surface area contributed by atoms with Gasteiger partial charge in [0.2, 0.25) is 0 Å². The number of halogens is 4. The fraction of sp³-hybridized carbons (Fsp3) is 0.480. The van der Waals surface area contributed by atoms with E-state index in [0.29, 0.717) is 19.4 Å². The molecule has 2 N–H and O–H groups in total. The average Bonchev–Trinajstić information content (AvgIpc) is 2.87. The van der Waals surface area contributed by atoms with E-state index in [2.05, 4.69) is 10.3 Å². The number of aromatic nitrogens is 1. The molecule has 1 aliphatic carbocycles. The largest absolute Gasteiger partial charge is 0.495 e. The minimum Gasteiger partial charge on any atom is -0.495 e. The quantitative estimate of drug-likeness (QED) is 0.426. The number of carbonyl (C=O) groups excluding carboxylic acids is 1. The molecule has 0 spiro atoms. The van der Waals surface area contributed by atoms with Crippen LogP contribution in [-0.4, -0.2) is 49.3 Å². The van der Waals surface area contributed by atoms with Gasteiger partial charge in [0, 0.05) is 24.8 Å². The maximum atomic E-state index is 13.2. The monoisotopic (exact) mass is 544 g/mol. The van der Waals surface area contributed by atoms with Crippen molar-refractivity contribution in [3.8, 4) is 11.5 Å². The van der Waals surface area contributed by atoms with Crippen LogP contribution in [0.2, 0.25) is 5.02 Å². The molecule has 1 aromatic carbocycles. The van der Waals surface area contributed by atoms with Gasteiger partial charge in [-0.3, -0.25) is 9.59 Å². The third-order valence-electron chi connectivity index (χ3n) is 6.28. The van der Waals surface area contributed by atoms with Crippen molar-refractivity contribution in [1.82, 2.24) is 10.3 Å². The molecule has 0 radical (unpaired) electrons. The Balaban J connectivity index is 1.70. The van der Waals surface area contributed by atoms with Crippen molar-refractivity contribution in [2.45, 2.75) is 38.0 Å². The van der Waals surface area contributed by atoms with Gasteiger partial charge in [-0.1, -0.05) is 11.6 Å². The number of benzene rings is 1. The molecule has 37 heavy (non-hydrogen) atoms. The van der Waals surface area contributed by atoms with Gasteiger partial charge in [-0.25, -0.2) is 4.98 Å². The Morgan fingerprint density at radius 2 is 1.86 bits per heavy atom. The van der Waals surface area contributed by atoms with Gasteiger partial charge in [0.25, 0.3) is 5.91 Å². The van der Waals surface area contributed by atoms with E-state index in [4.69, 9.17) is 30.9 Å². The van der Waals surface area contributed by atoms with E-state index in [1.54, 1.807) is 0 Å². The van der Waals surface area contributed by atoms with Crippen LogP contribution >= 0.6 is 11.6 Å². The fourth-order valence-electron chi connectivity index (χ4n) is 4.22. The number of alkyl halides is 3. The van der Waals surface area contributed by atoms with Gasteiger partial charge in [0.1, 0.15) is 17.2 Å². The standard InChI is InChI=1S/C25H28ClF3N2O6/c1-35-13-21(17-10-22(25(27,28)29)30-12-20(17)36-2)37-19-8-7-16(9-18(19)26)23(32)31-11-14-3-5-15(6-4-14)24(33)34/h7-10,12,14-15,21H,3-6,11,13H2,1-2H3,(H,31,32)(H,33,34)/t14-,15-,21?. The van der Waals surface area contributed by atoms with Crippen LogP contribution in [0.4, 0.5) is 13.2 Å². The summed E-state index contributed by atoms with van der Waals surface area (Å²) in [6.07, 6.45) is -2.09. The predicted molar refractivity (Wildman–Crippen MR) is 128 cm³/mol. The first kappa shape index (κ1) is 28.5. The van der Waals surface area contributed by atoms with Gasteiger partial charge < -0.3 is 24.6 Å². The number of carboxylic acids is 1. The number of carbonyl (C=O) groups is 2. The van der Waals surface area contributed by atoms with Crippen LogP contribution in [-0.2, 0) is 15.7 Å². The molecule has 1 fully saturated rings. The van der Waals surface area contributed by atoms with E-state index in [1.807, 2.05) is 0 Å². The maximum absolute atomic E-state index is 13.2. The fourth-order valence-corrected chi connectivity index (χ4v) is 4.44. The van der Waals surface area contributed by atoms with Crippen molar-refractivity contribution in [2.24, 2.45) is 11.8 Å². The number of aliphatic carboxylic acids is 1. The summed E-state index contributed by atoms with van der Waals surface area (Å²) in [5, 5.41) is 12.0. The molecule has 12 heteroatoms. The summed E-state index contributed by atoms with van der Waals surface area (Å²) in [6, 6.07) is 5.19. The van der Waals surface area contributed by atoms with Crippen molar-refractivity contribution in [1.29, 1.82) is 0 Å². The number of nitrogens with one attached hydrogen (secondary N) is 1. The van der Waals surface area contributed by atoms with Gasteiger partial charge in [-0.15, -0.1) is 0 Å². The molecule has 0 bridgehead atoms. The Kier molecular flexibility index (Phi) is 9.61. The lowest BCUT2D eigenvalue weighted by atomic mass is 9.82. The summed E-state index contributed by atoms with van der Waals surface area (Å²) in [7, 11) is 2.67. The second-order valence-corrected chi connectivity index (χ2v) is 9.19. The lowest BCUT2D eigenvalue weighted by molar-refractivity contribution is -0.143. The molecule has 8 nitrogen and oxygen atoms in total. The second kappa shape index (κ2) is 12.5. The molecule has 1 heterocycles. The van der Waals surface area contributed by atoms with Gasteiger partial charge in [-0.2, -0.15) is 13.2 Å². The summed E-state index contributed by atoms with van der Waals surface area (Å²) in [5.74, 6) is -1.04. The summed E-state index contributed by atoms with van der Waals surface area (Å²) in [4.78, 5) is 27.1. The summed E-state index contributed by atoms with van der Waals surface area (Å²) in [6.45, 7) is 0.306. The maximum Gasteiger partial charge on any atom is 0.433 e. The number of rotatable bonds is 10. The molecule has 1 aliphatic rings. The Morgan fingerprint density at radius 3 is 2.43 bits per heavy atom. The van der Waals surface area contributed by atoms with E-state index in [-0.39, 0.29) is 52.0 Å². The van der Waals surface area contributed by atoms with Crippen LogP contribution in [0.5, 0.6) is 11.5 Å². The van der Waals surface area contributed by atoms with Crippen LogP contribution in [0.15, 0.2) is 30.5 Å². The highest BCUT2D eigenvalue weighted by atomic mass is 35.5. The number of carboxylic acid groups (broad SMARTS) is 1. The summed E-state index contributed by atoms with van der Waals surface area (Å²) in [5.41, 5.74) is -0.759.